The number of carbonyl (C=O) groups is 1. The molecule has 1 aromatic carbocycles. The molecule has 0 spiro atoms. The largest absolute Gasteiger partial charge is 0.391 e. The lowest BCUT2D eigenvalue weighted by atomic mass is 9.70. The molecule has 2 aromatic heterocycles. The number of nitrogens with zero attached hydrogens (tertiary/aromatic N) is 3. The van der Waals surface area contributed by atoms with E-state index in [2.05, 4.69) is 34.9 Å². The highest BCUT2D eigenvalue weighted by Gasteiger charge is 2.43. The highest BCUT2D eigenvalue weighted by atomic mass is 32.1. The van der Waals surface area contributed by atoms with Crippen LogP contribution in [-0.2, 0) is 10.2 Å². The molecule has 1 aliphatic carbocycles. The first kappa shape index (κ1) is 18.8. The van der Waals surface area contributed by atoms with Crippen LogP contribution < -0.4 is 5.73 Å². The summed E-state index contributed by atoms with van der Waals surface area (Å²) in [5, 5.41) is 12.0. The quantitative estimate of drug-likeness (QED) is 0.695. The second kappa shape index (κ2) is 7.23. The highest BCUT2D eigenvalue weighted by Crippen LogP contribution is 2.42. The van der Waals surface area contributed by atoms with Gasteiger partial charge in [-0.05, 0) is 31.2 Å². The molecule has 152 valence electrons. The fraction of sp³-hybridized carbons (Fsp3) is 0.455. The van der Waals surface area contributed by atoms with Gasteiger partial charge >= 0.3 is 0 Å². The third-order valence-corrected chi connectivity index (χ3v) is 7.54. The number of fused-ring (bicyclic) bond motifs is 1. The van der Waals surface area contributed by atoms with Crippen molar-refractivity contribution in [3.8, 4) is 0 Å². The van der Waals surface area contributed by atoms with Crippen molar-refractivity contribution in [3.05, 3.63) is 59.4 Å². The zero-order valence-corrected chi connectivity index (χ0v) is 17.1. The van der Waals surface area contributed by atoms with Gasteiger partial charge in [-0.3, -0.25) is 9.20 Å². The Balaban J connectivity index is 1.41. The van der Waals surface area contributed by atoms with Crippen molar-refractivity contribution in [1.82, 2.24) is 14.3 Å². The summed E-state index contributed by atoms with van der Waals surface area (Å²) in [6, 6.07) is 10.3. The van der Waals surface area contributed by atoms with Crippen LogP contribution in [-0.4, -0.2) is 50.5 Å². The first-order chi connectivity index (χ1) is 14.1. The molecule has 5 rings (SSSR count). The molecule has 0 bridgehead atoms. The second-order valence-electron chi connectivity index (χ2n) is 8.39. The summed E-state index contributed by atoms with van der Waals surface area (Å²) in [7, 11) is 0. The van der Waals surface area contributed by atoms with Crippen LogP contribution >= 0.6 is 11.3 Å². The van der Waals surface area contributed by atoms with Crippen molar-refractivity contribution in [2.24, 2.45) is 11.7 Å². The molecule has 7 heteroatoms. The van der Waals surface area contributed by atoms with Crippen molar-refractivity contribution < 1.29 is 9.90 Å². The van der Waals surface area contributed by atoms with E-state index in [-0.39, 0.29) is 23.3 Å². The molecule has 3 heterocycles. The zero-order valence-electron chi connectivity index (χ0n) is 16.3. The normalized spacial score (nSPS) is 26.8. The van der Waals surface area contributed by atoms with Crippen LogP contribution in [0.15, 0.2) is 48.1 Å². The van der Waals surface area contributed by atoms with E-state index in [1.165, 1.54) is 5.56 Å². The summed E-state index contributed by atoms with van der Waals surface area (Å²) in [5.41, 5.74) is 8.09. The van der Waals surface area contributed by atoms with Gasteiger partial charge in [0.25, 0.3) is 0 Å². The average Bonchev–Trinajstić information content (AvgIpc) is 3.44. The number of imidazole rings is 1. The minimum atomic E-state index is -0.560. The summed E-state index contributed by atoms with van der Waals surface area (Å²) < 4.78 is 2.09. The van der Waals surface area contributed by atoms with Crippen LogP contribution in [0.4, 0.5) is 0 Å². The predicted octanol–water partition coefficient (Wildman–Crippen LogP) is 2.40. The number of nitrogens with two attached hydrogens (primary N) is 1. The second-order valence-corrected chi connectivity index (χ2v) is 9.26. The predicted molar refractivity (Wildman–Crippen MR) is 113 cm³/mol. The Kier molecular flexibility index (Phi) is 4.69. The minimum Gasteiger partial charge on any atom is -0.391 e. The van der Waals surface area contributed by atoms with Crippen LogP contribution in [0.1, 0.15) is 36.9 Å². The molecule has 2 aliphatic rings. The molecule has 6 nitrogen and oxygen atoms in total. The van der Waals surface area contributed by atoms with Crippen molar-refractivity contribution in [3.63, 3.8) is 0 Å². The molecule has 29 heavy (non-hydrogen) atoms. The van der Waals surface area contributed by atoms with E-state index in [4.69, 9.17) is 10.7 Å². The van der Waals surface area contributed by atoms with Crippen molar-refractivity contribution in [2.75, 3.05) is 13.1 Å². The van der Waals surface area contributed by atoms with E-state index >= 15 is 0 Å². The monoisotopic (exact) mass is 410 g/mol. The summed E-state index contributed by atoms with van der Waals surface area (Å²) in [6.07, 6.45) is 6.38. The van der Waals surface area contributed by atoms with Crippen molar-refractivity contribution in [1.29, 1.82) is 0 Å². The zero-order chi connectivity index (χ0) is 20.0. The molecule has 1 saturated carbocycles. The van der Waals surface area contributed by atoms with Gasteiger partial charge < -0.3 is 15.7 Å². The van der Waals surface area contributed by atoms with Crippen LogP contribution in [0.2, 0.25) is 0 Å². The maximum Gasteiger partial charge on any atom is 0.225 e. The number of carbonyl (C=O) groups excluding carboxylic acids is 1. The van der Waals surface area contributed by atoms with E-state index in [9.17, 15) is 9.90 Å². The SMILES string of the molecule is N[C@H]1C[C@H](C(=O)N2CCC(c3ccccc3)(c3cn4ccsc4n3)CC2)C[C@@H]1O. The summed E-state index contributed by atoms with van der Waals surface area (Å²) in [4.78, 5) is 20.9. The Morgan fingerprint density at radius 1 is 1.21 bits per heavy atom. The first-order valence-corrected chi connectivity index (χ1v) is 11.2. The van der Waals surface area contributed by atoms with Crippen LogP contribution in [0.5, 0.6) is 0 Å². The molecule has 3 aromatic rings. The summed E-state index contributed by atoms with van der Waals surface area (Å²) in [5.74, 6) is -0.00773. The Hall–Kier alpha value is -2.22. The third kappa shape index (κ3) is 3.17. The van der Waals surface area contributed by atoms with E-state index in [0.717, 1.165) is 23.5 Å². The Morgan fingerprint density at radius 3 is 2.62 bits per heavy atom. The van der Waals surface area contributed by atoms with Gasteiger partial charge in [0.2, 0.25) is 5.91 Å². The maximum atomic E-state index is 13.0. The third-order valence-electron chi connectivity index (χ3n) is 6.76. The van der Waals surface area contributed by atoms with Crippen LogP contribution in [0, 0.1) is 5.92 Å². The Bertz CT molecular complexity index is 968. The van der Waals surface area contributed by atoms with E-state index in [0.29, 0.717) is 25.9 Å². The van der Waals surface area contributed by atoms with Crippen LogP contribution in [0.25, 0.3) is 4.96 Å². The number of thiazole rings is 1. The molecule has 3 N–H and O–H groups in total. The van der Waals surface area contributed by atoms with Gasteiger partial charge in [0.05, 0.1) is 11.8 Å². The van der Waals surface area contributed by atoms with E-state index in [1.807, 2.05) is 22.5 Å². The lowest BCUT2D eigenvalue weighted by molar-refractivity contribution is -0.137. The van der Waals surface area contributed by atoms with Gasteiger partial charge in [0.15, 0.2) is 4.96 Å². The molecule has 3 atom stereocenters. The lowest BCUT2D eigenvalue weighted by Crippen LogP contribution is -2.47. The number of aliphatic hydroxyl groups excluding tert-OH is 1. The standard InChI is InChI=1S/C22H26N4O2S/c23-17-12-15(13-18(17)27)20(28)25-8-6-22(7-9-25,16-4-2-1-3-5-16)19-14-26-10-11-29-21(26)24-19/h1-5,10-11,14-15,17-18,27H,6-9,12-13,23H2/t15-,17-,18-/m0/s1. The number of hydrogen-bond acceptors (Lipinski definition) is 5. The van der Waals surface area contributed by atoms with E-state index in [1.54, 1.807) is 11.3 Å². The fourth-order valence-electron chi connectivity index (χ4n) is 5.02. The number of likely N-dealkylation sites (tertiary alicyclic amines) is 1. The summed E-state index contributed by atoms with van der Waals surface area (Å²) >= 11 is 1.64. The molecular weight excluding hydrogens is 384 g/mol. The molecule has 1 amide bonds. The minimum absolute atomic E-state index is 0.143. The number of aliphatic hydroxyl groups is 1. The fourth-order valence-corrected chi connectivity index (χ4v) is 5.72. The van der Waals surface area contributed by atoms with Gasteiger partial charge in [-0.15, -0.1) is 11.3 Å². The molecular formula is C22H26N4O2S. The molecule has 2 fully saturated rings. The summed E-state index contributed by atoms with van der Waals surface area (Å²) in [6.45, 7) is 1.39. The number of benzene rings is 1. The smallest absolute Gasteiger partial charge is 0.225 e. The molecule has 0 unspecified atom stereocenters. The van der Waals surface area contributed by atoms with Crippen molar-refractivity contribution in [2.45, 2.75) is 43.2 Å². The van der Waals surface area contributed by atoms with Crippen LogP contribution in [0.3, 0.4) is 0 Å². The van der Waals surface area contributed by atoms with Gasteiger partial charge in [-0.25, -0.2) is 4.98 Å². The lowest BCUT2D eigenvalue weighted by Gasteiger charge is -2.42. The Labute approximate surface area is 174 Å². The maximum absolute atomic E-state index is 13.0. The molecule has 0 radical (unpaired) electrons. The van der Waals surface area contributed by atoms with Gasteiger partial charge in [0, 0.05) is 48.2 Å². The van der Waals surface area contributed by atoms with Gasteiger partial charge in [-0.1, -0.05) is 30.3 Å². The van der Waals surface area contributed by atoms with E-state index < -0.39 is 6.10 Å². The number of amides is 1. The number of hydrogen-bond donors (Lipinski definition) is 2. The first-order valence-electron chi connectivity index (χ1n) is 10.3. The number of aromatic nitrogens is 2. The number of rotatable bonds is 3. The average molecular weight is 411 g/mol. The Morgan fingerprint density at radius 2 is 1.97 bits per heavy atom. The van der Waals surface area contributed by atoms with Crippen molar-refractivity contribution >= 4 is 22.2 Å². The number of piperidine rings is 1. The highest BCUT2D eigenvalue weighted by molar-refractivity contribution is 7.15. The van der Waals surface area contributed by atoms with Gasteiger partial charge in [0.1, 0.15) is 0 Å². The topological polar surface area (TPSA) is 83.9 Å². The molecule has 1 aliphatic heterocycles. The molecule has 1 saturated heterocycles. The van der Waals surface area contributed by atoms with Gasteiger partial charge in [-0.2, -0.15) is 0 Å².